The Bertz CT molecular complexity index is 343. The molecule has 4 heteroatoms. The van der Waals surface area contributed by atoms with Gasteiger partial charge in [-0.05, 0) is 18.5 Å². The topological polar surface area (TPSA) is 46.9 Å². The molecule has 0 aliphatic rings. The molecular weight excluding hydrogens is 178 g/mol. The molecule has 1 aromatic heterocycles. The number of nitrogens with one attached hydrogen (secondary N) is 1. The van der Waals surface area contributed by atoms with E-state index in [2.05, 4.69) is 24.3 Å². The number of hydrogen-bond acceptors (Lipinski definition) is 3. The summed E-state index contributed by atoms with van der Waals surface area (Å²) in [6, 6.07) is 3.30. The highest BCUT2D eigenvalue weighted by atomic mass is 16.1. The van der Waals surface area contributed by atoms with E-state index in [1.165, 1.54) is 4.68 Å². The molecule has 1 rings (SSSR count). The van der Waals surface area contributed by atoms with Gasteiger partial charge in [0, 0.05) is 19.7 Å². The monoisotopic (exact) mass is 195 g/mol. The van der Waals surface area contributed by atoms with Gasteiger partial charge in [0.25, 0.3) is 5.56 Å². The van der Waals surface area contributed by atoms with E-state index in [9.17, 15) is 4.79 Å². The molecule has 4 nitrogen and oxygen atoms in total. The van der Waals surface area contributed by atoms with E-state index in [0.717, 1.165) is 12.2 Å². The maximum Gasteiger partial charge on any atom is 0.266 e. The summed E-state index contributed by atoms with van der Waals surface area (Å²) in [5.74, 6) is 0.627. The minimum absolute atomic E-state index is 0.0717. The van der Waals surface area contributed by atoms with Crippen molar-refractivity contribution in [3.63, 3.8) is 0 Å². The quantitative estimate of drug-likeness (QED) is 0.762. The molecule has 0 bridgehead atoms. The maximum atomic E-state index is 11.0. The fourth-order valence-electron chi connectivity index (χ4n) is 1.13. The lowest BCUT2D eigenvalue weighted by molar-refractivity contribution is 0.539. The molecule has 0 saturated heterocycles. The SMILES string of the molecule is CC(C)CNCc1ccc(=O)n(C)n1. The average Bonchev–Trinajstić information content (AvgIpc) is 2.10. The zero-order valence-corrected chi connectivity index (χ0v) is 8.95. The Balaban J connectivity index is 2.52. The molecule has 0 amide bonds. The van der Waals surface area contributed by atoms with Crippen LogP contribution < -0.4 is 10.9 Å². The maximum absolute atomic E-state index is 11.0. The first-order valence-corrected chi connectivity index (χ1v) is 4.83. The molecule has 0 aromatic carbocycles. The van der Waals surface area contributed by atoms with Crippen molar-refractivity contribution in [2.45, 2.75) is 20.4 Å². The van der Waals surface area contributed by atoms with E-state index < -0.39 is 0 Å². The molecule has 0 fully saturated rings. The predicted molar refractivity (Wildman–Crippen MR) is 56.0 cm³/mol. The highest BCUT2D eigenvalue weighted by molar-refractivity contribution is 4.99. The van der Waals surface area contributed by atoms with Crippen molar-refractivity contribution in [2.75, 3.05) is 6.54 Å². The van der Waals surface area contributed by atoms with Gasteiger partial charge in [-0.25, -0.2) is 4.68 Å². The fourth-order valence-corrected chi connectivity index (χ4v) is 1.13. The summed E-state index contributed by atoms with van der Waals surface area (Å²) in [6.07, 6.45) is 0. The van der Waals surface area contributed by atoms with E-state index in [1.807, 2.05) is 0 Å². The van der Waals surface area contributed by atoms with Gasteiger partial charge in [0.2, 0.25) is 0 Å². The molecule has 0 unspecified atom stereocenters. The zero-order valence-electron chi connectivity index (χ0n) is 8.95. The van der Waals surface area contributed by atoms with E-state index in [-0.39, 0.29) is 5.56 Å². The molecular formula is C10H17N3O. The Morgan fingerprint density at radius 2 is 2.21 bits per heavy atom. The largest absolute Gasteiger partial charge is 0.311 e. The van der Waals surface area contributed by atoms with Crippen LogP contribution in [0.3, 0.4) is 0 Å². The van der Waals surface area contributed by atoms with Crippen LogP contribution in [0.15, 0.2) is 16.9 Å². The third-order valence-corrected chi connectivity index (χ3v) is 1.87. The summed E-state index contributed by atoms with van der Waals surface area (Å²) >= 11 is 0. The van der Waals surface area contributed by atoms with Crippen molar-refractivity contribution in [2.24, 2.45) is 13.0 Å². The highest BCUT2D eigenvalue weighted by Gasteiger charge is 1.97. The van der Waals surface area contributed by atoms with Crippen molar-refractivity contribution in [1.82, 2.24) is 15.1 Å². The Kier molecular flexibility index (Phi) is 3.83. The molecule has 1 aromatic rings. The van der Waals surface area contributed by atoms with Crippen LogP contribution in [0.5, 0.6) is 0 Å². The van der Waals surface area contributed by atoms with Gasteiger partial charge in [0.15, 0.2) is 0 Å². The first kappa shape index (κ1) is 10.9. The molecule has 0 atom stereocenters. The van der Waals surface area contributed by atoms with Crippen LogP contribution in [0.25, 0.3) is 0 Å². The summed E-state index contributed by atoms with van der Waals surface area (Å²) in [5, 5.41) is 7.38. The number of hydrogen-bond donors (Lipinski definition) is 1. The van der Waals surface area contributed by atoms with Gasteiger partial charge in [-0.2, -0.15) is 5.10 Å². The summed E-state index contributed by atoms with van der Waals surface area (Å²) in [6.45, 7) is 5.99. The molecule has 1 heterocycles. The molecule has 0 radical (unpaired) electrons. The molecule has 0 spiro atoms. The van der Waals surface area contributed by atoms with Crippen LogP contribution in [0.4, 0.5) is 0 Å². The van der Waals surface area contributed by atoms with Crippen LogP contribution in [-0.2, 0) is 13.6 Å². The second kappa shape index (κ2) is 4.91. The van der Waals surface area contributed by atoms with Crippen LogP contribution in [0.1, 0.15) is 19.5 Å². The van der Waals surface area contributed by atoms with Gasteiger partial charge in [-0.1, -0.05) is 13.8 Å². The molecule has 78 valence electrons. The smallest absolute Gasteiger partial charge is 0.266 e. The first-order chi connectivity index (χ1) is 6.59. The molecule has 1 N–H and O–H groups in total. The molecule has 0 saturated carbocycles. The van der Waals surface area contributed by atoms with Crippen molar-refractivity contribution in [3.05, 3.63) is 28.2 Å². The lowest BCUT2D eigenvalue weighted by Gasteiger charge is -2.07. The molecule has 14 heavy (non-hydrogen) atoms. The van der Waals surface area contributed by atoms with Gasteiger partial charge < -0.3 is 5.32 Å². The number of aromatic nitrogens is 2. The number of aryl methyl sites for hydroxylation is 1. The lowest BCUT2D eigenvalue weighted by atomic mass is 10.2. The van der Waals surface area contributed by atoms with Crippen LogP contribution in [0, 0.1) is 5.92 Å². The van der Waals surface area contributed by atoms with Crippen molar-refractivity contribution in [1.29, 1.82) is 0 Å². The Morgan fingerprint density at radius 1 is 1.50 bits per heavy atom. The second-order valence-electron chi connectivity index (χ2n) is 3.81. The third kappa shape index (κ3) is 3.30. The van der Waals surface area contributed by atoms with Gasteiger partial charge in [-0.15, -0.1) is 0 Å². The second-order valence-corrected chi connectivity index (χ2v) is 3.81. The van der Waals surface area contributed by atoms with Gasteiger partial charge in [-0.3, -0.25) is 4.79 Å². The van der Waals surface area contributed by atoms with E-state index in [0.29, 0.717) is 12.5 Å². The van der Waals surface area contributed by atoms with E-state index in [4.69, 9.17) is 0 Å². The molecule has 0 aliphatic heterocycles. The summed E-state index contributed by atoms with van der Waals surface area (Å²) in [4.78, 5) is 11.0. The van der Waals surface area contributed by atoms with E-state index >= 15 is 0 Å². The Morgan fingerprint density at radius 3 is 2.79 bits per heavy atom. The fraction of sp³-hybridized carbons (Fsp3) is 0.600. The number of nitrogens with zero attached hydrogens (tertiary/aromatic N) is 2. The molecule has 0 aliphatic carbocycles. The highest BCUT2D eigenvalue weighted by Crippen LogP contribution is 1.91. The van der Waals surface area contributed by atoms with Crippen molar-refractivity contribution < 1.29 is 0 Å². The Hall–Kier alpha value is -1.16. The van der Waals surface area contributed by atoms with Crippen LogP contribution in [-0.4, -0.2) is 16.3 Å². The summed E-state index contributed by atoms with van der Waals surface area (Å²) in [7, 11) is 1.66. The van der Waals surface area contributed by atoms with Crippen molar-refractivity contribution >= 4 is 0 Å². The summed E-state index contributed by atoms with van der Waals surface area (Å²) in [5.41, 5.74) is 0.824. The Labute approximate surface area is 84.0 Å². The minimum Gasteiger partial charge on any atom is -0.311 e. The van der Waals surface area contributed by atoms with Gasteiger partial charge in [0.1, 0.15) is 0 Å². The first-order valence-electron chi connectivity index (χ1n) is 4.83. The van der Waals surface area contributed by atoms with Crippen LogP contribution >= 0.6 is 0 Å². The number of rotatable bonds is 4. The zero-order chi connectivity index (χ0) is 10.6. The van der Waals surface area contributed by atoms with Crippen molar-refractivity contribution in [3.8, 4) is 0 Å². The van der Waals surface area contributed by atoms with E-state index in [1.54, 1.807) is 19.2 Å². The minimum atomic E-state index is -0.0717. The van der Waals surface area contributed by atoms with Crippen LogP contribution in [0.2, 0.25) is 0 Å². The lowest BCUT2D eigenvalue weighted by Crippen LogP contribution is -2.24. The predicted octanol–water partition coefficient (Wildman–Crippen LogP) is 0.526. The standard InChI is InChI=1S/C10H17N3O/c1-8(2)6-11-7-9-4-5-10(14)13(3)12-9/h4-5,8,11H,6-7H2,1-3H3. The summed E-state index contributed by atoms with van der Waals surface area (Å²) < 4.78 is 1.35. The average molecular weight is 195 g/mol. The van der Waals surface area contributed by atoms with Gasteiger partial charge >= 0.3 is 0 Å². The third-order valence-electron chi connectivity index (χ3n) is 1.87. The normalized spacial score (nSPS) is 10.9. The van der Waals surface area contributed by atoms with Gasteiger partial charge in [0.05, 0.1) is 5.69 Å².